The van der Waals surface area contributed by atoms with Crippen molar-refractivity contribution in [2.45, 2.75) is 25.7 Å². The zero-order valence-electron chi connectivity index (χ0n) is 11.9. The highest BCUT2D eigenvalue weighted by atomic mass is 35.5. The fourth-order valence-corrected chi connectivity index (χ4v) is 2.62. The summed E-state index contributed by atoms with van der Waals surface area (Å²) in [6, 6.07) is 9.39. The SMILES string of the molecule is N#CC(CCCOc1ccccc1Cl)C(=O)N1CCCC1. The van der Waals surface area contributed by atoms with Gasteiger partial charge in [0.05, 0.1) is 17.7 Å². The van der Waals surface area contributed by atoms with Crippen molar-refractivity contribution in [3.8, 4) is 11.8 Å². The summed E-state index contributed by atoms with van der Waals surface area (Å²) in [5, 5.41) is 9.73. The van der Waals surface area contributed by atoms with E-state index in [1.165, 1.54) is 0 Å². The third-order valence-corrected chi connectivity index (χ3v) is 3.92. The molecule has 1 aliphatic heterocycles. The van der Waals surface area contributed by atoms with E-state index in [0.717, 1.165) is 25.9 Å². The summed E-state index contributed by atoms with van der Waals surface area (Å²) in [5.74, 6) is 0.0456. The number of para-hydroxylation sites is 1. The fourth-order valence-electron chi connectivity index (χ4n) is 2.43. The van der Waals surface area contributed by atoms with Crippen LogP contribution in [-0.2, 0) is 4.79 Å². The molecule has 0 N–H and O–H groups in total. The number of amides is 1. The summed E-state index contributed by atoms with van der Waals surface area (Å²) in [7, 11) is 0. The Hall–Kier alpha value is -1.73. The van der Waals surface area contributed by atoms with E-state index in [1.54, 1.807) is 17.0 Å². The monoisotopic (exact) mass is 306 g/mol. The van der Waals surface area contributed by atoms with Crippen molar-refractivity contribution < 1.29 is 9.53 Å². The average Bonchev–Trinajstić information content (AvgIpc) is 3.03. The maximum atomic E-state index is 12.1. The first-order valence-electron chi connectivity index (χ1n) is 7.28. The van der Waals surface area contributed by atoms with Gasteiger partial charge >= 0.3 is 0 Å². The van der Waals surface area contributed by atoms with E-state index >= 15 is 0 Å². The lowest BCUT2D eigenvalue weighted by Crippen LogP contribution is -2.33. The number of ether oxygens (including phenoxy) is 1. The molecule has 5 heteroatoms. The highest BCUT2D eigenvalue weighted by molar-refractivity contribution is 6.32. The number of hydrogen-bond donors (Lipinski definition) is 0. The van der Waals surface area contributed by atoms with Gasteiger partial charge in [0.15, 0.2) is 0 Å². The lowest BCUT2D eigenvalue weighted by molar-refractivity contribution is -0.132. The first-order valence-corrected chi connectivity index (χ1v) is 7.66. The van der Waals surface area contributed by atoms with Crippen molar-refractivity contribution in [2.75, 3.05) is 19.7 Å². The summed E-state index contributed by atoms with van der Waals surface area (Å²) in [6.45, 7) is 2.02. The molecule has 0 aromatic heterocycles. The first-order chi connectivity index (χ1) is 10.2. The molecule has 0 spiro atoms. The Bertz CT molecular complexity index is 521. The summed E-state index contributed by atoms with van der Waals surface area (Å²) in [4.78, 5) is 13.9. The number of carbonyl (C=O) groups is 1. The van der Waals surface area contributed by atoms with Gasteiger partial charge in [-0.15, -0.1) is 0 Å². The number of likely N-dealkylation sites (tertiary alicyclic amines) is 1. The summed E-state index contributed by atoms with van der Waals surface area (Å²) >= 11 is 5.99. The zero-order chi connectivity index (χ0) is 15.1. The Morgan fingerprint density at radius 2 is 2.10 bits per heavy atom. The quantitative estimate of drug-likeness (QED) is 0.758. The minimum atomic E-state index is -0.557. The molecular formula is C16H19ClN2O2. The molecule has 1 fully saturated rings. The maximum Gasteiger partial charge on any atom is 0.239 e. The molecule has 1 unspecified atom stereocenters. The molecule has 112 valence electrons. The average molecular weight is 307 g/mol. The van der Waals surface area contributed by atoms with E-state index in [0.29, 0.717) is 30.2 Å². The molecule has 1 aliphatic rings. The van der Waals surface area contributed by atoms with E-state index in [-0.39, 0.29) is 5.91 Å². The number of carbonyl (C=O) groups excluding carboxylic acids is 1. The Morgan fingerprint density at radius 3 is 2.76 bits per heavy atom. The molecule has 1 aromatic rings. The lowest BCUT2D eigenvalue weighted by atomic mass is 10.0. The van der Waals surface area contributed by atoms with Crippen LogP contribution in [0.25, 0.3) is 0 Å². The topological polar surface area (TPSA) is 53.3 Å². The number of benzene rings is 1. The second-order valence-electron chi connectivity index (χ2n) is 5.14. The van der Waals surface area contributed by atoms with E-state index in [1.807, 2.05) is 12.1 Å². The summed E-state index contributed by atoms with van der Waals surface area (Å²) in [6.07, 6.45) is 3.26. The normalized spacial score (nSPS) is 15.5. The van der Waals surface area contributed by atoms with Gasteiger partial charge in [-0.2, -0.15) is 5.26 Å². The Kier molecular flexibility index (Phi) is 5.89. The van der Waals surface area contributed by atoms with Crippen LogP contribution < -0.4 is 4.74 Å². The minimum Gasteiger partial charge on any atom is -0.492 e. The van der Waals surface area contributed by atoms with Gasteiger partial charge in [-0.05, 0) is 37.8 Å². The molecule has 1 heterocycles. The Balaban J connectivity index is 1.75. The highest BCUT2D eigenvalue weighted by Crippen LogP contribution is 2.23. The van der Waals surface area contributed by atoms with Crippen LogP contribution in [0.1, 0.15) is 25.7 Å². The molecule has 0 saturated carbocycles. The highest BCUT2D eigenvalue weighted by Gasteiger charge is 2.25. The smallest absolute Gasteiger partial charge is 0.239 e. The molecule has 0 bridgehead atoms. The van der Waals surface area contributed by atoms with Gasteiger partial charge in [0.25, 0.3) is 0 Å². The molecule has 0 radical (unpaired) electrons. The molecule has 21 heavy (non-hydrogen) atoms. The van der Waals surface area contributed by atoms with Crippen molar-refractivity contribution in [1.82, 2.24) is 4.90 Å². The lowest BCUT2D eigenvalue weighted by Gasteiger charge is -2.18. The second-order valence-corrected chi connectivity index (χ2v) is 5.54. The Labute approximate surface area is 130 Å². The van der Waals surface area contributed by atoms with Gasteiger partial charge in [0, 0.05) is 13.1 Å². The molecule has 1 amide bonds. The van der Waals surface area contributed by atoms with E-state index in [4.69, 9.17) is 21.6 Å². The number of nitrogens with zero attached hydrogens (tertiary/aromatic N) is 2. The Morgan fingerprint density at radius 1 is 1.38 bits per heavy atom. The van der Waals surface area contributed by atoms with Crippen LogP contribution in [-0.4, -0.2) is 30.5 Å². The van der Waals surface area contributed by atoms with Gasteiger partial charge in [-0.3, -0.25) is 4.79 Å². The van der Waals surface area contributed by atoms with Crippen LogP contribution in [0.2, 0.25) is 5.02 Å². The van der Waals surface area contributed by atoms with Gasteiger partial charge < -0.3 is 9.64 Å². The van der Waals surface area contributed by atoms with Crippen LogP contribution in [0.5, 0.6) is 5.75 Å². The third kappa shape index (κ3) is 4.37. The standard InChI is InChI=1S/C16H19ClN2O2/c17-14-7-1-2-8-15(14)21-11-5-6-13(12-18)16(20)19-9-3-4-10-19/h1-2,7-8,13H,3-6,9-11H2. The predicted molar refractivity (Wildman–Crippen MR) is 81.1 cm³/mol. The van der Waals surface area contributed by atoms with E-state index < -0.39 is 5.92 Å². The molecular weight excluding hydrogens is 288 g/mol. The van der Waals surface area contributed by atoms with Gasteiger partial charge in [-0.25, -0.2) is 0 Å². The predicted octanol–water partition coefficient (Wildman–Crippen LogP) is 3.26. The third-order valence-electron chi connectivity index (χ3n) is 3.60. The molecule has 4 nitrogen and oxygen atoms in total. The molecule has 2 rings (SSSR count). The van der Waals surface area contributed by atoms with Crippen molar-refractivity contribution in [1.29, 1.82) is 5.26 Å². The second kappa shape index (κ2) is 7.90. The van der Waals surface area contributed by atoms with Gasteiger partial charge in [-0.1, -0.05) is 23.7 Å². The largest absolute Gasteiger partial charge is 0.492 e. The zero-order valence-corrected chi connectivity index (χ0v) is 12.7. The number of rotatable bonds is 6. The fraction of sp³-hybridized carbons (Fsp3) is 0.500. The van der Waals surface area contributed by atoms with Crippen molar-refractivity contribution in [2.24, 2.45) is 5.92 Å². The van der Waals surface area contributed by atoms with Crippen molar-refractivity contribution in [3.63, 3.8) is 0 Å². The van der Waals surface area contributed by atoms with Crippen LogP contribution in [0.3, 0.4) is 0 Å². The van der Waals surface area contributed by atoms with Gasteiger partial charge in [0.1, 0.15) is 11.7 Å². The summed E-state index contributed by atoms with van der Waals surface area (Å²) in [5.41, 5.74) is 0. The van der Waals surface area contributed by atoms with Gasteiger partial charge in [0.2, 0.25) is 5.91 Å². The molecule has 1 atom stereocenters. The van der Waals surface area contributed by atoms with E-state index in [9.17, 15) is 4.79 Å². The minimum absolute atomic E-state index is 0.0345. The first kappa shape index (κ1) is 15.7. The van der Waals surface area contributed by atoms with Crippen LogP contribution >= 0.6 is 11.6 Å². The van der Waals surface area contributed by atoms with Crippen molar-refractivity contribution in [3.05, 3.63) is 29.3 Å². The molecule has 1 aromatic carbocycles. The van der Waals surface area contributed by atoms with E-state index in [2.05, 4.69) is 6.07 Å². The van der Waals surface area contributed by atoms with Crippen LogP contribution in [0.15, 0.2) is 24.3 Å². The van der Waals surface area contributed by atoms with Crippen LogP contribution in [0.4, 0.5) is 0 Å². The number of halogens is 1. The summed E-state index contributed by atoms with van der Waals surface area (Å²) < 4.78 is 5.57. The molecule has 1 saturated heterocycles. The number of nitriles is 1. The number of hydrogen-bond acceptors (Lipinski definition) is 3. The van der Waals surface area contributed by atoms with Crippen LogP contribution in [0, 0.1) is 17.2 Å². The molecule has 0 aliphatic carbocycles. The van der Waals surface area contributed by atoms with Crippen molar-refractivity contribution >= 4 is 17.5 Å². The maximum absolute atomic E-state index is 12.1.